The van der Waals surface area contributed by atoms with E-state index in [4.69, 9.17) is 0 Å². The van der Waals surface area contributed by atoms with Gasteiger partial charge in [-0.05, 0) is 30.3 Å². The van der Waals surface area contributed by atoms with E-state index in [9.17, 15) is 23.2 Å². The summed E-state index contributed by atoms with van der Waals surface area (Å²) in [5.74, 6) is -3.21. The molecule has 1 heterocycles. The van der Waals surface area contributed by atoms with Crippen LogP contribution in [0.2, 0.25) is 0 Å². The van der Waals surface area contributed by atoms with Crippen LogP contribution in [0, 0.1) is 17.6 Å². The van der Waals surface area contributed by atoms with Crippen molar-refractivity contribution >= 4 is 34.8 Å². The number of amides is 3. The van der Waals surface area contributed by atoms with Crippen LogP contribution in [0.15, 0.2) is 42.5 Å². The molecule has 140 valence electrons. The molecule has 2 aromatic rings. The Morgan fingerprint density at radius 2 is 1.89 bits per heavy atom. The van der Waals surface area contributed by atoms with Crippen molar-refractivity contribution in [2.24, 2.45) is 5.92 Å². The average molecular weight is 373 g/mol. The highest BCUT2D eigenvalue weighted by Crippen LogP contribution is 2.28. The highest BCUT2D eigenvalue weighted by atomic mass is 19.1. The van der Waals surface area contributed by atoms with Crippen LogP contribution in [0.5, 0.6) is 0 Å². The first-order valence-corrected chi connectivity index (χ1v) is 8.27. The third-order valence-electron chi connectivity index (χ3n) is 4.16. The smallest absolute Gasteiger partial charge is 0.229 e. The molecule has 1 aliphatic rings. The summed E-state index contributed by atoms with van der Waals surface area (Å²) in [4.78, 5) is 37.3. The van der Waals surface area contributed by atoms with Gasteiger partial charge in [-0.2, -0.15) is 0 Å². The lowest BCUT2D eigenvalue weighted by Gasteiger charge is -2.18. The Labute approximate surface area is 154 Å². The maximum atomic E-state index is 13.7. The van der Waals surface area contributed by atoms with Gasteiger partial charge in [0.05, 0.1) is 11.6 Å². The molecule has 1 unspecified atom stereocenters. The van der Waals surface area contributed by atoms with Crippen molar-refractivity contribution in [2.45, 2.75) is 13.3 Å². The summed E-state index contributed by atoms with van der Waals surface area (Å²) in [5.41, 5.74) is 0.805. The molecule has 0 saturated carbocycles. The summed E-state index contributed by atoms with van der Waals surface area (Å²) in [6, 6.07) is 9.45. The lowest BCUT2D eigenvalue weighted by molar-refractivity contribution is -0.122. The van der Waals surface area contributed by atoms with E-state index < -0.39 is 23.5 Å². The van der Waals surface area contributed by atoms with Gasteiger partial charge in [0.25, 0.3) is 0 Å². The van der Waals surface area contributed by atoms with E-state index in [1.165, 1.54) is 11.8 Å². The molecular formula is C19H17F2N3O3. The van der Waals surface area contributed by atoms with E-state index in [0.29, 0.717) is 11.4 Å². The van der Waals surface area contributed by atoms with Gasteiger partial charge in [-0.25, -0.2) is 8.78 Å². The van der Waals surface area contributed by atoms with Gasteiger partial charge < -0.3 is 15.5 Å². The molecule has 1 fully saturated rings. The Balaban J connectivity index is 1.72. The second-order valence-electron chi connectivity index (χ2n) is 6.25. The van der Waals surface area contributed by atoms with Crippen molar-refractivity contribution < 1.29 is 23.2 Å². The fraction of sp³-hybridized carbons (Fsp3) is 0.211. The number of hydrogen-bond donors (Lipinski definition) is 2. The highest BCUT2D eigenvalue weighted by molar-refractivity contribution is 6.04. The minimum Gasteiger partial charge on any atom is -0.326 e. The largest absolute Gasteiger partial charge is 0.326 e. The first-order chi connectivity index (χ1) is 12.8. The Bertz CT molecular complexity index is 917. The molecule has 1 aliphatic heterocycles. The van der Waals surface area contributed by atoms with Crippen molar-refractivity contribution in [2.75, 3.05) is 22.1 Å². The molecule has 3 rings (SSSR count). The van der Waals surface area contributed by atoms with Gasteiger partial charge in [-0.3, -0.25) is 14.4 Å². The summed E-state index contributed by atoms with van der Waals surface area (Å²) >= 11 is 0. The maximum Gasteiger partial charge on any atom is 0.229 e. The number of hydrogen-bond acceptors (Lipinski definition) is 3. The summed E-state index contributed by atoms with van der Waals surface area (Å²) in [6.45, 7) is 1.48. The zero-order valence-corrected chi connectivity index (χ0v) is 14.5. The molecular weight excluding hydrogens is 356 g/mol. The zero-order valence-electron chi connectivity index (χ0n) is 14.5. The third-order valence-corrected chi connectivity index (χ3v) is 4.16. The monoisotopic (exact) mass is 373 g/mol. The standard InChI is InChI=1S/C19H17F2N3O3/c1-11(25)22-14-3-2-4-15(9-14)24-10-12(7-18(24)26)19(27)23-17-8-13(20)5-6-16(17)21/h2-6,8-9,12H,7,10H2,1H3,(H,22,25)(H,23,27). The van der Waals surface area contributed by atoms with Gasteiger partial charge in [-0.15, -0.1) is 0 Å². The molecule has 0 aliphatic carbocycles. The Kier molecular flexibility index (Phi) is 5.16. The summed E-state index contributed by atoms with van der Waals surface area (Å²) < 4.78 is 26.9. The lowest BCUT2D eigenvalue weighted by Crippen LogP contribution is -2.28. The fourth-order valence-electron chi connectivity index (χ4n) is 2.92. The van der Waals surface area contributed by atoms with E-state index in [1.54, 1.807) is 24.3 Å². The molecule has 2 N–H and O–H groups in total. The van der Waals surface area contributed by atoms with Crippen LogP contribution in [-0.2, 0) is 14.4 Å². The van der Waals surface area contributed by atoms with Crippen LogP contribution in [0.1, 0.15) is 13.3 Å². The maximum absolute atomic E-state index is 13.7. The average Bonchev–Trinajstić information content (AvgIpc) is 3.00. The normalized spacial score (nSPS) is 16.3. The molecule has 2 aromatic carbocycles. The SMILES string of the molecule is CC(=O)Nc1cccc(N2CC(C(=O)Nc3cc(F)ccc3F)CC2=O)c1. The molecule has 27 heavy (non-hydrogen) atoms. The van der Waals surface area contributed by atoms with Crippen LogP contribution >= 0.6 is 0 Å². The molecule has 0 aromatic heterocycles. The van der Waals surface area contributed by atoms with Gasteiger partial charge in [0, 0.05) is 37.3 Å². The Morgan fingerprint density at radius 1 is 1.11 bits per heavy atom. The quantitative estimate of drug-likeness (QED) is 0.865. The second-order valence-corrected chi connectivity index (χ2v) is 6.25. The number of carbonyl (C=O) groups excluding carboxylic acids is 3. The van der Waals surface area contributed by atoms with Gasteiger partial charge in [0.1, 0.15) is 11.6 Å². The molecule has 3 amide bonds. The first kappa shape index (κ1) is 18.5. The highest BCUT2D eigenvalue weighted by Gasteiger charge is 2.35. The van der Waals surface area contributed by atoms with E-state index in [2.05, 4.69) is 10.6 Å². The van der Waals surface area contributed by atoms with Gasteiger partial charge in [0.15, 0.2) is 0 Å². The number of halogens is 2. The Morgan fingerprint density at radius 3 is 2.63 bits per heavy atom. The summed E-state index contributed by atoms with van der Waals surface area (Å²) in [5, 5.41) is 4.96. The number of carbonyl (C=O) groups is 3. The minimum atomic E-state index is -0.756. The Hall–Kier alpha value is -3.29. The van der Waals surface area contributed by atoms with Crippen LogP contribution in [0.4, 0.5) is 25.8 Å². The van der Waals surface area contributed by atoms with Crippen molar-refractivity contribution in [3.05, 3.63) is 54.1 Å². The zero-order chi connectivity index (χ0) is 19.6. The van der Waals surface area contributed by atoms with E-state index in [1.807, 2.05) is 0 Å². The van der Waals surface area contributed by atoms with Crippen LogP contribution in [0.25, 0.3) is 0 Å². The lowest BCUT2D eigenvalue weighted by atomic mass is 10.1. The van der Waals surface area contributed by atoms with Crippen molar-refractivity contribution in [3.8, 4) is 0 Å². The first-order valence-electron chi connectivity index (χ1n) is 8.27. The number of nitrogens with zero attached hydrogens (tertiary/aromatic N) is 1. The van der Waals surface area contributed by atoms with Crippen LogP contribution in [0.3, 0.4) is 0 Å². The van der Waals surface area contributed by atoms with Crippen molar-refractivity contribution in [1.29, 1.82) is 0 Å². The second kappa shape index (κ2) is 7.53. The number of nitrogens with one attached hydrogen (secondary N) is 2. The summed E-state index contributed by atoms with van der Waals surface area (Å²) in [7, 11) is 0. The predicted octanol–water partition coefficient (Wildman–Crippen LogP) is 2.91. The van der Waals surface area contributed by atoms with Gasteiger partial charge in [0.2, 0.25) is 17.7 Å². The van der Waals surface area contributed by atoms with E-state index in [-0.39, 0.29) is 30.5 Å². The predicted molar refractivity (Wildman–Crippen MR) is 96.2 cm³/mol. The van der Waals surface area contributed by atoms with Crippen molar-refractivity contribution in [1.82, 2.24) is 0 Å². The topological polar surface area (TPSA) is 78.5 Å². The molecule has 1 atom stereocenters. The minimum absolute atomic E-state index is 0.0485. The molecule has 0 radical (unpaired) electrons. The molecule has 0 spiro atoms. The third kappa shape index (κ3) is 4.28. The summed E-state index contributed by atoms with van der Waals surface area (Å²) in [6.07, 6.45) is -0.0485. The number of rotatable bonds is 4. The molecule has 8 heteroatoms. The molecule has 0 bridgehead atoms. The van der Waals surface area contributed by atoms with Gasteiger partial charge in [-0.1, -0.05) is 6.07 Å². The van der Waals surface area contributed by atoms with Crippen LogP contribution in [-0.4, -0.2) is 24.3 Å². The fourth-order valence-corrected chi connectivity index (χ4v) is 2.92. The van der Waals surface area contributed by atoms with Gasteiger partial charge >= 0.3 is 0 Å². The van der Waals surface area contributed by atoms with E-state index >= 15 is 0 Å². The number of benzene rings is 2. The van der Waals surface area contributed by atoms with Crippen molar-refractivity contribution in [3.63, 3.8) is 0 Å². The molecule has 1 saturated heterocycles. The van der Waals surface area contributed by atoms with Crippen LogP contribution < -0.4 is 15.5 Å². The number of anilines is 3. The molecule has 6 nitrogen and oxygen atoms in total. The van der Waals surface area contributed by atoms with E-state index in [0.717, 1.165) is 18.2 Å².